The number of nitrogens with one attached hydrogen (secondary N) is 1. The van der Waals surface area contributed by atoms with Crippen molar-refractivity contribution in [2.75, 3.05) is 32.1 Å². The molecule has 0 radical (unpaired) electrons. The second-order valence-corrected chi connectivity index (χ2v) is 9.79. The number of sulfone groups is 1. The Bertz CT molecular complexity index is 739. The van der Waals surface area contributed by atoms with Crippen molar-refractivity contribution in [3.05, 3.63) is 17.0 Å². The Kier molecular flexibility index (Phi) is 5.93. The zero-order valence-corrected chi connectivity index (χ0v) is 17.0. The number of hydrogen-bond donors (Lipinski definition) is 1. The second-order valence-electron chi connectivity index (χ2n) is 7.56. The molecule has 1 unspecified atom stereocenters. The van der Waals surface area contributed by atoms with Crippen LogP contribution in [-0.2, 0) is 21.2 Å². The first kappa shape index (κ1) is 19.9. The molecule has 25 heavy (non-hydrogen) atoms. The standard InChI is InChI=1S/C17H30N4O3S/c1-12(2)20(6)17(22)10-19(5)9-16-13(3)18-21(14(16)4)15-7-8-25(23,24)11-15/h12,15H,7-11H2,1-6H3/p+1/t15-/m0/s1. The predicted octanol–water partition coefficient (Wildman–Crippen LogP) is -0.259. The Morgan fingerprint density at radius 1 is 1.40 bits per heavy atom. The maximum Gasteiger partial charge on any atom is 0.277 e. The summed E-state index contributed by atoms with van der Waals surface area (Å²) in [5.74, 6) is 0.540. The van der Waals surface area contributed by atoms with Gasteiger partial charge in [0.2, 0.25) is 0 Å². The van der Waals surface area contributed by atoms with E-state index in [1.165, 1.54) is 0 Å². The smallest absolute Gasteiger partial charge is 0.277 e. The van der Waals surface area contributed by atoms with Gasteiger partial charge in [-0.2, -0.15) is 5.10 Å². The van der Waals surface area contributed by atoms with Crippen molar-refractivity contribution in [3.8, 4) is 0 Å². The van der Waals surface area contributed by atoms with Crippen molar-refractivity contribution in [2.24, 2.45) is 0 Å². The highest BCUT2D eigenvalue weighted by Crippen LogP contribution is 2.26. The lowest BCUT2D eigenvalue weighted by Crippen LogP contribution is -3.09. The van der Waals surface area contributed by atoms with Crippen molar-refractivity contribution in [1.82, 2.24) is 14.7 Å². The molecule has 0 bridgehead atoms. The van der Waals surface area contributed by atoms with Crippen LogP contribution in [0.3, 0.4) is 0 Å². The minimum absolute atomic E-state index is 0.0635. The molecule has 1 N–H and O–H groups in total. The maximum absolute atomic E-state index is 12.3. The molecule has 7 nitrogen and oxygen atoms in total. The minimum Gasteiger partial charge on any atom is -0.338 e. The highest BCUT2D eigenvalue weighted by atomic mass is 32.2. The first-order valence-electron chi connectivity index (χ1n) is 8.83. The van der Waals surface area contributed by atoms with Gasteiger partial charge in [0.25, 0.3) is 5.91 Å². The predicted molar refractivity (Wildman–Crippen MR) is 97.4 cm³/mol. The molecule has 0 saturated carbocycles. The normalized spacial score (nSPS) is 20.8. The van der Waals surface area contributed by atoms with Crippen LogP contribution in [0.1, 0.15) is 43.3 Å². The summed E-state index contributed by atoms with van der Waals surface area (Å²) in [7, 11) is 0.894. The molecule has 8 heteroatoms. The van der Waals surface area contributed by atoms with Gasteiger partial charge in [-0.3, -0.25) is 9.48 Å². The molecule has 1 aliphatic rings. The van der Waals surface area contributed by atoms with E-state index in [-0.39, 0.29) is 29.5 Å². The van der Waals surface area contributed by atoms with Crippen LogP contribution >= 0.6 is 0 Å². The molecule has 1 aromatic rings. The largest absolute Gasteiger partial charge is 0.338 e. The summed E-state index contributed by atoms with van der Waals surface area (Å²) in [5.41, 5.74) is 3.05. The summed E-state index contributed by atoms with van der Waals surface area (Å²) in [5, 5.41) is 4.60. The van der Waals surface area contributed by atoms with Gasteiger partial charge >= 0.3 is 0 Å². The van der Waals surface area contributed by atoms with Gasteiger partial charge in [0.15, 0.2) is 16.4 Å². The summed E-state index contributed by atoms with van der Waals surface area (Å²) < 4.78 is 25.4. The third-order valence-electron chi connectivity index (χ3n) is 5.13. The second kappa shape index (κ2) is 7.45. The van der Waals surface area contributed by atoms with Crippen molar-refractivity contribution < 1.29 is 18.1 Å². The first-order chi connectivity index (χ1) is 11.5. The molecule has 142 valence electrons. The SMILES string of the molecule is Cc1nn([C@H]2CCS(=O)(=O)C2)c(C)c1C[NH+](C)CC(=O)N(C)C(C)C. The Labute approximate surface area is 150 Å². The average molecular weight is 372 g/mol. The van der Waals surface area contributed by atoms with E-state index in [0.717, 1.165) is 21.9 Å². The van der Waals surface area contributed by atoms with Gasteiger partial charge in [-0.25, -0.2) is 8.42 Å². The summed E-state index contributed by atoms with van der Waals surface area (Å²) >= 11 is 0. The number of amides is 1. The third-order valence-corrected chi connectivity index (χ3v) is 6.88. The quantitative estimate of drug-likeness (QED) is 0.748. The van der Waals surface area contributed by atoms with Crippen molar-refractivity contribution in [1.29, 1.82) is 0 Å². The van der Waals surface area contributed by atoms with Crippen LogP contribution in [0.25, 0.3) is 0 Å². The van der Waals surface area contributed by atoms with E-state index in [1.807, 2.05) is 46.5 Å². The molecule has 0 aliphatic carbocycles. The minimum atomic E-state index is -2.94. The fraction of sp³-hybridized carbons (Fsp3) is 0.765. The van der Waals surface area contributed by atoms with Crippen LogP contribution in [0.15, 0.2) is 0 Å². The number of nitrogens with zero attached hydrogens (tertiary/aromatic N) is 3. The molecule has 1 aliphatic heterocycles. The molecule has 0 spiro atoms. The van der Waals surface area contributed by atoms with E-state index >= 15 is 0 Å². The number of aromatic nitrogens is 2. The highest BCUT2D eigenvalue weighted by Gasteiger charge is 2.32. The zero-order valence-electron chi connectivity index (χ0n) is 16.2. The van der Waals surface area contributed by atoms with E-state index < -0.39 is 9.84 Å². The van der Waals surface area contributed by atoms with Crippen molar-refractivity contribution in [3.63, 3.8) is 0 Å². The van der Waals surface area contributed by atoms with Gasteiger partial charge in [0.05, 0.1) is 35.9 Å². The first-order valence-corrected chi connectivity index (χ1v) is 10.7. The molecule has 2 heterocycles. The number of carbonyl (C=O) groups excluding carboxylic acids is 1. The Balaban J connectivity index is 2.09. The van der Waals surface area contributed by atoms with Crippen LogP contribution in [0.2, 0.25) is 0 Å². The fourth-order valence-corrected chi connectivity index (χ4v) is 5.00. The lowest BCUT2D eigenvalue weighted by Gasteiger charge is -2.23. The molecule has 2 atom stereocenters. The topological polar surface area (TPSA) is 76.7 Å². The zero-order chi connectivity index (χ0) is 18.9. The van der Waals surface area contributed by atoms with Gasteiger partial charge in [0.1, 0.15) is 6.54 Å². The average Bonchev–Trinajstić information content (AvgIpc) is 2.99. The number of hydrogen-bond acceptors (Lipinski definition) is 4. The molecule has 0 aromatic carbocycles. The highest BCUT2D eigenvalue weighted by molar-refractivity contribution is 7.91. The van der Waals surface area contributed by atoms with Crippen LogP contribution in [-0.4, -0.2) is 67.2 Å². The molecule has 1 fully saturated rings. The van der Waals surface area contributed by atoms with Gasteiger partial charge in [-0.15, -0.1) is 0 Å². The molecule has 2 rings (SSSR count). The number of aryl methyl sites for hydroxylation is 1. The van der Waals surface area contributed by atoms with E-state index in [9.17, 15) is 13.2 Å². The Morgan fingerprint density at radius 2 is 2.04 bits per heavy atom. The summed E-state index contributed by atoms with van der Waals surface area (Å²) in [4.78, 5) is 15.1. The van der Waals surface area contributed by atoms with Gasteiger partial charge in [-0.1, -0.05) is 0 Å². The summed E-state index contributed by atoms with van der Waals surface area (Å²) in [6.45, 7) is 9.08. The van der Waals surface area contributed by atoms with E-state index in [4.69, 9.17) is 0 Å². The maximum atomic E-state index is 12.3. The van der Waals surface area contributed by atoms with E-state index in [2.05, 4.69) is 5.10 Å². The number of likely N-dealkylation sites (N-methyl/N-ethyl adjacent to an activating group) is 2. The summed E-state index contributed by atoms with van der Waals surface area (Å²) in [6.07, 6.45) is 0.629. The lowest BCUT2D eigenvalue weighted by atomic mass is 10.1. The van der Waals surface area contributed by atoms with Gasteiger partial charge in [0, 0.05) is 18.8 Å². The fourth-order valence-electron chi connectivity index (χ4n) is 3.31. The molecule has 1 amide bonds. The lowest BCUT2D eigenvalue weighted by molar-refractivity contribution is -0.885. The Hall–Kier alpha value is -1.41. The van der Waals surface area contributed by atoms with Crippen molar-refractivity contribution >= 4 is 15.7 Å². The monoisotopic (exact) mass is 371 g/mol. The molecular weight excluding hydrogens is 340 g/mol. The van der Waals surface area contributed by atoms with Crippen LogP contribution < -0.4 is 4.90 Å². The molecule has 1 saturated heterocycles. The van der Waals surface area contributed by atoms with E-state index in [0.29, 0.717) is 19.5 Å². The van der Waals surface area contributed by atoms with Crippen molar-refractivity contribution in [2.45, 2.75) is 52.7 Å². The number of carbonyl (C=O) groups is 1. The molecule has 1 aromatic heterocycles. The van der Waals surface area contributed by atoms with Crippen LogP contribution in [0.5, 0.6) is 0 Å². The van der Waals surface area contributed by atoms with Crippen LogP contribution in [0.4, 0.5) is 0 Å². The third kappa shape index (κ3) is 4.61. The van der Waals surface area contributed by atoms with Gasteiger partial charge < -0.3 is 9.80 Å². The van der Waals surface area contributed by atoms with E-state index in [1.54, 1.807) is 4.90 Å². The number of quaternary nitrogens is 1. The van der Waals surface area contributed by atoms with Crippen LogP contribution in [0, 0.1) is 13.8 Å². The Morgan fingerprint density at radius 3 is 2.56 bits per heavy atom. The van der Waals surface area contributed by atoms with Gasteiger partial charge in [-0.05, 0) is 34.1 Å². The number of rotatable bonds is 6. The molecular formula is C17H31N4O3S+. The summed E-state index contributed by atoms with van der Waals surface area (Å²) in [6, 6.07) is 0.127.